The quantitative estimate of drug-likeness (QED) is 0.443. The topological polar surface area (TPSA) is 102 Å². The number of aliphatic hydroxyl groups excluding tert-OH is 1. The molecular formula is C27H28N2O6. The van der Waals surface area contributed by atoms with Crippen LogP contribution < -0.4 is 9.64 Å². The highest BCUT2D eigenvalue weighted by Crippen LogP contribution is 2.44. The number of furan rings is 1. The summed E-state index contributed by atoms with van der Waals surface area (Å²) in [6.45, 7) is 5.91. The molecule has 3 aromatic rings. The molecule has 3 heterocycles. The third-order valence-corrected chi connectivity index (χ3v) is 5.79. The summed E-state index contributed by atoms with van der Waals surface area (Å²) in [6, 6.07) is 13.5. The molecule has 1 atom stereocenters. The molecule has 1 amide bonds. The number of anilines is 1. The maximum atomic E-state index is 13.3. The molecule has 0 saturated heterocycles. The molecule has 0 saturated carbocycles. The zero-order valence-electron chi connectivity index (χ0n) is 20.1. The maximum Gasteiger partial charge on any atom is 0.294 e. The number of carbonyl (C=O) groups is 2. The van der Waals surface area contributed by atoms with Gasteiger partial charge in [-0.05, 0) is 55.5 Å². The van der Waals surface area contributed by atoms with Gasteiger partial charge >= 0.3 is 0 Å². The minimum absolute atomic E-state index is 0.0281. The molecule has 2 aromatic heterocycles. The van der Waals surface area contributed by atoms with Crippen molar-refractivity contribution in [2.75, 3.05) is 25.2 Å². The number of aromatic nitrogens is 1. The molecule has 0 aliphatic carbocycles. The Hall–Kier alpha value is -3.91. The number of aryl methyl sites for hydroxylation is 1. The number of amides is 1. The number of hydrogen-bond acceptors (Lipinski definition) is 7. The summed E-state index contributed by atoms with van der Waals surface area (Å²) in [4.78, 5) is 32.2. The summed E-state index contributed by atoms with van der Waals surface area (Å²) in [6.07, 6.45) is 1.57. The molecule has 1 aliphatic rings. The van der Waals surface area contributed by atoms with Gasteiger partial charge in [0.1, 0.15) is 24.2 Å². The van der Waals surface area contributed by atoms with E-state index in [4.69, 9.17) is 13.9 Å². The molecule has 4 rings (SSSR count). The van der Waals surface area contributed by atoms with Crippen LogP contribution in [0.25, 0.3) is 11.3 Å². The van der Waals surface area contributed by atoms with Crippen molar-refractivity contribution in [1.29, 1.82) is 0 Å². The van der Waals surface area contributed by atoms with E-state index in [1.807, 2.05) is 31.2 Å². The number of pyridine rings is 1. The lowest BCUT2D eigenvalue weighted by Crippen LogP contribution is -2.32. The number of ether oxygens (including phenoxy) is 2. The van der Waals surface area contributed by atoms with Gasteiger partial charge in [0.25, 0.3) is 5.91 Å². The van der Waals surface area contributed by atoms with Crippen LogP contribution in [0.4, 0.5) is 5.69 Å². The van der Waals surface area contributed by atoms with Gasteiger partial charge in [-0.1, -0.05) is 13.8 Å². The van der Waals surface area contributed by atoms with E-state index in [2.05, 4.69) is 4.98 Å². The van der Waals surface area contributed by atoms with Gasteiger partial charge in [0.15, 0.2) is 11.5 Å². The maximum absolute atomic E-state index is 13.3. The first-order valence-corrected chi connectivity index (χ1v) is 11.4. The van der Waals surface area contributed by atoms with E-state index >= 15 is 0 Å². The Morgan fingerprint density at radius 2 is 1.89 bits per heavy atom. The molecule has 0 bridgehead atoms. The Bertz CT molecular complexity index is 1260. The van der Waals surface area contributed by atoms with Crippen molar-refractivity contribution in [3.8, 4) is 17.2 Å². The number of hydrogen-bond donors (Lipinski definition) is 1. The van der Waals surface area contributed by atoms with Gasteiger partial charge in [0, 0.05) is 36.0 Å². The molecule has 0 radical (unpaired) electrons. The van der Waals surface area contributed by atoms with Crippen molar-refractivity contribution in [3.05, 3.63) is 77.4 Å². The number of Topliss-reactive ketones (excluding diaryl/α,β-unsaturated/α-hetero) is 1. The third kappa shape index (κ3) is 4.70. The van der Waals surface area contributed by atoms with Gasteiger partial charge in [-0.2, -0.15) is 0 Å². The van der Waals surface area contributed by atoms with Crippen molar-refractivity contribution in [2.45, 2.75) is 26.8 Å². The minimum Gasteiger partial charge on any atom is -0.503 e. The molecule has 1 aromatic carbocycles. The van der Waals surface area contributed by atoms with E-state index in [0.29, 0.717) is 23.6 Å². The van der Waals surface area contributed by atoms with Crippen LogP contribution in [0.5, 0.6) is 5.88 Å². The van der Waals surface area contributed by atoms with Crippen LogP contribution in [0.1, 0.15) is 31.2 Å². The molecule has 8 nitrogen and oxygen atoms in total. The fourth-order valence-corrected chi connectivity index (χ4v) is 4.06. The lowest BCUT2D eigenvalue weighted by atomic mass is 9.91. The van der Waals surface area contributed by atoms with Crippen LogP contribution in [-0.2, 0) is 14.3 Å². The molecule has 1 aliphatic heterocycles. The average Bonchev–Trinajstić information content (AvgIpc) is 3.40. The summed E-state index contributed by atoms with van der Waals surface area (Å²) in [5.41, 5.74) is 1.87. The molecule has 8 heteroatoms. The Balaban J connectivity index is 1.79. The number of carbonyl (C=O) groups excluding carboxylic acids is 2. The van der Waals surface area contributed by atoms with Crippen molar-refractivity contribution < 1.29 is 28.6 Å². The number of rotatable bonds is 9. The molecule has 1 unspecified atom stereocenters. The van der Waals surface area contributed by atoms with Gasteiger partial charge in [-0.15, -0.1) is 0 Å². The van der Waals surface area contributed by atoms with Crippen molar-refractivity contribution in [1.82, 2.24) is 4.98 Å². The Morgan fingerprint density at radius 1 is 1.14 bits per heavy atom. The van der Waals surface area contributed by atoms with Crippen LogP contribution >= 0.6 is 0 Å². The van der Waals surface area contributed by atoms with Gasteiger partial charge in [-0.3, -0.25) is 14.5 Å². The van der Waals surface area contributed by atoms with E-state index in [9.17, 15) is 14.7 Å². The Labute approximate surface area is 203 Å². The SMILES string of the molecule is COCCOc1ncccc1C1C(C(=O)C(C)C)=C(O)C(=O)N1c1ccc(-c2ccc(C)o2)cc1. The molecular weight excluding hydrogens is 448 g/mol. The van der Waals surface area contributed by atoms with Gasteiger partial charge in [0.2, 0.25) is 5.88 Å². The van der Waals surface area contributed by atoms with Crippen LogP contribution in [0.15, 0.2) is 70.5 Å². The van der Waals surface area contributed by atoms with Crippen molar-refractivity contribution >= 4 is 17.4 Å². The normalized spacial score (nSPS) is 15.9. The number of aliphatic hydroxyl groups is 1. The highest BCUT2D eigenvalue weighted by atomic mass is 16.5. The fourth-order valence-electron chi connectivity index (χ4n) is 4.06. The van der Waals surface area contributed by atoms with Gasteiger partial charge in [0.05, 0.1) is 12.2 Å². The smallest absolute Gasteiger partial charge is 0.294 e. The highest BCUT2D eigenvalue weighted by Gasteiger charge is 2.46. The van der Waals surface area contributed by atoms with E-state index in [1.165, 1.54) is 4.90 Å². The predicted octanol–water partition coefficient (Wildman–Crippen LogP) is 4.80. The van der Waals surface area contributed by atoms with E-state index in [-0.39, 0.29) is 23.8 Å². The summed E-state index contributed by atoms with van der Waals surface area (Å²) in [5, 5.41) is 10.9. The van der Waals surface area contributed by atoms with Gasteiger partial charge in [-0.25, -0.2) is 4.98 Å². The lowest BCUT2D eigenvalue weighted by Gasteiger charge is -2.28. The predicted molar refractivity (Wildman–Crippen MR) is 130 cm³/mol. The van der Waals surface area contributed by atoms with E-state index in [0.717, 1.165) is 11.3 Å². The molecule has 182 valence electrons. The molecule has 0 spiro atoms. The first kappa shape index (κ1) is 24.2. The standard InChI is InChI=1S/C27H28N2O6/c1-16(2)24(30)22-23(20-6-5-13-28-26(20)34-15-14-33-4)29(27(32)25(22)31)19-10-8-18(9-11-19)21-12-7-17(3)35-21/h5-13,16,23,31H,14-15H2,1-4H3. The van der Waals surface area contributed by atoms with Crippen molar-refractivity contribution in [3.63, 3.8) is 0 Å². The van der Waals surface area contributed by atoms with Crippen molar-refractivity contribution in [2.24, 2.45) is 5.92 Å². The first-order valence-electron chi connectivity index (χ1n) is 11.4. The summed E-state index contributed by atoms with van der Waals surface area (Å²) >= 11 is 0. The van der Waals surface area contributed by atoms with Gasteiger partial charge < -0.3 is 19.0 Å². The minimum atomic E-state index is -0.902. The summed E-state index contributed by atoms with van der Waals surface area (Å²) in [7, 11) is 1.56. The zero-order chi connectivity index (χ0) is 25.1. The monoisotopic (exact) mass is 476 g/mol. The van der Waals surface area contributed by atoms with Crippen LogP contribution in [0.2, 0.25) is 0 Å². The number of ketones is 1. The first-order chi connectivity index (χ1) is 16.8. The second-order valence-corrected chi connectivity index (χ2v) is 8.56. The van der Waals surface area contributed by atoms with Crippen LogP contribution in [0, 0.1) is 12.8 Å². The summed E-state index contributed by atoms with van der Waals surface area (Å²) < 4.78 is 16.6. The fraction of sp³-hybridized carbons (Fsp3) is 0.296. The van der Waals surface area contributed by atoms with Crippen LogP contribution in [-0.4, -0.2) is 42.1 Å². The summed E-state index contributed by atoms with van der Waals surface area (Å²) in [5.74, 6) is -0.213. The zero-order valence-corrected chi connectivity index (χ0v) is 20.1. The number of nitrogens with zero attached hydrogens (tertiary/aromatic N) is 2. The number of methoxy groups -OCH3 is 1. The average molecular weight is 477 g/mol. The second-order valence-electron chi connectivity index (χ2n) is 8.56. The lowest BCUT2D eigenvalue weighted by molar-refractivity contribution is -0.119. The number of benzene rings is 1. The Kier molecular flexibility index (Phi) is 7.02. The highest BCUT2D eigenvalue weighted by molar-refractivity contribution is 6.17. The Morgan fingerprint density at radius 3 is 2.51 bits per heavy atom. The molecule has 0 fully saturated rings. The van der Waals surface area contributed by atoms with E-state index in [1.54, 1.807) is 51.4 Å². The largest absolute Gasteiger partial charge is 0.503 e. The van der Waals surface area contributed by atoms with Crippen LogP contribution in [0.3, 0.4) is 0 Å². The second kappa shape index (κ2) is 10.1. The van der Waals surface area contributed by atoms with E-state index < -0.39 is 23.6 Å². The molecule has 35 heavy (non-hydrogen) atoms. The molecule has 1 N–H and O–H groups in total. The third-order valence-electron chi connectivity index (χ3n) is 5.79.